The Kier molecular flexibility index (Phi) is 9.64. The molecule has 0 aliphatic heterocycles. The van der Waals surface area contributed by atoms with E-state index in [1.165, 1.54) is 38.1 Å². The van der Waals surface area contributed by atoms with Crippen LogP contribution in [0.15, 0.2) is 0 Å². The highest BCUT2D eigenvalue weighted by atomic mass is 32.2. The zero-order valence-corrected chi connectivity index (χ0v) is 9.54. The van der Waals surface area contributed by atoms with Crippen LogP contribution in [-0.4, -0.2) is 25.1 Å². The first-order valence-corrected chi connectivity index (χ1v) is 6.40. The van der Waals surface area contributed by atoms with E-state index >= 15 is 0 Å². The zero-order chi connectivity index (χ0) is 9.23. The van der Waals surface area contributed by atoms with Gasteiger partial charge >= 0.3 is 0 Å². The summed E-state index contributed by atoms with van der Waals surface area (Å²) in [6.45, 7) is 6.92. The smallest absolute Gasteiger partial charge is 0.00232 e. The molecule has 0 saturated carbocycles. The van der Waals surface area contributed by atoms with E-state index < -0.39 is 0 Å². The Morgan fingerprint density at radius 3 is 2.75 bits per heavy atom. The molecule has 0 fully saturated rings. The topological polar surface area (TPSA) is 12.0 Å². The van der Waals surface area contributed by atoms with Crippen molar-refractivity contribution in [1.29, 1.82) is 0 Å². The minimum Gasteiger partial charge on any atom is -0.316 e. The van der Waals surface area contributed by atoms with Gasteiger partial charge in [0.1, 0.15) is 0 Å². The first-order valence-electron chi connectivity index (χ1n) is 5.00. The van der Waals surface area contributed by atoms with Crippen LogP contribution in [-0.2, 0) is 0 Å². The van der Waals surface area contributed by atoms with Gasteiger partial charge in [0.15, 0.2) is 0 Å². The van der Waals surface area contributed by atoms with Crippen molar-refractivity contribution in [3.8, 4) is 0 Å². The van der Waals surface area contributed by atoms with Crippen LogP contribution in [0.5, 0.6) is 0 Å². The summed E-state index contributed by atoms with van der Waals surface area (Å²) in [6, 6.07) is 0. The first kappa shape index (κ1) is 12.3. The highest BCUT2D eigenvalue weighted by Gasteiger charge is 1.99. The van der Waals surface area contributed by atoms with Gasteiger partial charge < -0.3 is 5.32 Å². The minimum atomic E-state index is 0.851. The lowest BCUT2D eigenvalue weighted by Crippen LogP contribution is -2.21. The number of hydrogen-bond acceptors (Lipinski definition) is 2. The molecule has 0 bridgehead atoms. The lowest BCUT2D eigenvalue weighted by atomic mass is 10.1. The van der Waals surface area contributed by atoms with Gasteiger partial charge in [-0.2, -0.15) is 11.8 Å². The van der Waals surface area contributed by atoms with E-state index in [4.69, 9.17) is 0 Å². The van der Waals surface area contributed by atoms with Gasteiger partial charge in [-0.25, -0.2) is 0 Å². The van der Waals surface area contributed by atoms with Crippen LogP contribution in [0.2, 0.25) is 0 Å². The summed E-state index contributed by atoms with van der Waals surface area (Å²) in [5.41, 5.74) is 0. The molecule has 0 aliphatic carbocycles. The molecule has 0 aromatic heterocycles. The van der Waals surface area contributed by atoms with E-state index in [1.54, 1.807) is 0 Å². The van der Waals surface area contributed by atoms with Gasteiger partial charge in [0.05, 0.1) is 0 Å². The van der Waals surface area contributed by atoms with Gasteiger partial charge in [0.2, 0.25) is 0 Å². The third-order valence-electron chi connectivity index (χ3n) is 1.96. The van der Waals surface area contributed by atoms with Gasteiger partial charge in [-0.3, -0.25) is 0 Å². The molecule has 2 heteroatoms. The molecule has 0 aromatic carbocycles. The molecule has 0 spiro atoms. The molecule has 0 radical (unpaired) electrons. The quantitative estimate of drug-likeness (QED) is 0.589. The highest BCUT2D eigenvalue weighted by molar-refractivity contribution is 7.98. The van der Waals surface area contributed by atoms with E-state index in [9.17, 15) is 0 Å². The second-order valence-corrected chi connectivity index (χ2v) is 4.43. The molecule has 74 valence electrons. The van der Waals surface area contributed by atoms with Crippen molar-refractivity contribution in [1.82, 2.24) is 5.32 Å². The van der Waals surface area contributed by atoms with Gasteiger partial charge in [0, 0.05) is 0 Å². The fourth-order valence-corrected chi connectivity index (χ4v) is 1.66. The molecule has 0 rings (SSSR count). The summed E-state index contributed by atoms with van der Waals surface area (Å²) in [6.07, 6.45) is 6.17. The SMILES string of the molecule is CCCNCC(C)CCCSC. The van der Waals surface area contributed by atoms with E-state index in [0.717, 1.165) is 5.92 Å². The average molecular weight is 189 g/mol. The molecule has 0 amide bonds. The summed E-state index contributed by atoms with van der Waals surface area (Å²) in [5.74, 6) is 2.17. The zero-order valence-electron chi connectivity index (χ0n) is 8.73. The Labute approximate surface area is 81.7 Å². The van der Waals surface area contributed by atoms with Crippen molar-refractivity contribution < 1.29 is 0 Å². The third kappa shape index (κ3) is 8.41. The molecule has 0 saturated heterocycles. The van der Waals surface area contributed by atoms with E-state index in [1.807, 2.05) is 11.8 Å². The van der Waals surface area contributed by atoms with Crippen LogP contribution in [0.4, 0.5) is 0 Å². The van der Waals surface area contributed by atoms with Crippen LogP contribution < -0.4 is 5.32 Å². The Morgan fingerprint density at radius 1 is 1.42 bits per heavy atom. The molecule has 0 aliphatic rings. The molecule has 1 atom stereocenters. The summed E-state index contributed by atoms with van der Waals surface area (Å²) in [5, 5.41) is 3.45. The minimum absolute atomic E-state index is 0.851. The Balaban J connectivity index is 3.04. The van der Waals surface area contributed by atoms with Crippen molar-refractivity contribution in [2.24, 2.45) is 5.92 Å². The third-order valence-corrected chi connectivity index (χ3v) is 2.66. The predicted octanol–water partition coefficient (Wildman–Crippen LogP) is 2.77. The lowest BCUT2D eigenvalue weighted by Gasteiger charge is -2.11. The predicted molar refractivity (Wildman–Crippen MR) is 59.9 cm³/mol. The number of hydrogen-bond donors (Lipinski definition) is 1. The molecular weight excluding hydrogens is 166 g/mol. The summed E-state index contributed by atoms with van der Waals surface area (Å²) >= 11 is 1.95. The van der Waals surface area contributed by atoms with Crippen molar-refractivity contribution >= 4 is 11.8 Å². The number of thioether (sulfide) groups is 1. The van der Waals surface area contributed by atoms with Crippen LogP contribution in [0.3, 0.4) is 0 Å². The summed E-state index contributed by atoms with van der Waals surface area (Å²) < 4.78 is 0. The number of rotatable bonds is 8. The van der Waals surface area contributed by atoms with E-state index in [2.05, 4.69) is 25.4 Å². The van der Waals surface area contributed by atoms with Crippen LogP contribution in [0, 0.1) is 5.92 Å². The molecule has 1 nitrogen and oxygen atoms in total. The molecule has 0 heterocycles. The second-order valence-electron chi connectivity index (χ2n) is 3.44. The molecule has 1 N–H and O–H groups in total. The van der Waals surface area contributed by atoms with Crippen LogP contribution in [0.25, 0.3) is 0 Å². The van der Waals surface area contributed by atoms with Gasteiger partial charge in [0.25, 0.3) is 0 Å². The van der Waals surface area contributed by atoms with Crippen molar-refractivity contribution in [3.05, 3.63) is 0 Å². The number of nitrogens with one attached hydrogen (secondary N) is 1. The Bertz CT molecular complexity index is 75.9. The Morgan fingerprint density at radius 2 is 2.17 bits per heavy atom. The average Bonchev–Trinajstić information content (AvgIpc) is 2.06. The second kappa shape index (κ2) is 9.40. The van der Waals surface area contributed by atoms with Gasteiger partial charge in [-0.1, -0.05) is 13.8 Å². The maximum absolute atomic E-state index is 3.45. The fourth-order valence-electron chi connectivity index (χ4n) is 1.20. The first-order chi connectivity index (χ1) is 5.81. The van der Waals surface area contributed by atoms with Crippen molar-refractivity contribution in [2.45, 2.75) is 33.1 Å². The lowest BCUT2D eigenvalue weighted by molar-refractivity contribution is 0.478. The van der Waals surface area contributed by atoms with E-state index in [0.29, 0.717) is 0 Å². The largest absolute Gasteiger partial charge is 0.316 e. The van der Waals surface area contributed by atoms with Crippen LogP contribution in [0.1, 0.15) is 33.1 Å². The Hall–Kier alpha value is 0.310. The van der Waals surface area contributed by atoms with Crippen molar-refractivity contribution in [3.63, 3.8) is 0 Å². The maximum Gasteiger partial charge on any atom is -0.00232 e. The van der Waals surface area contributed by atoms with Crippen molar-refractivity contribution in [2.75, 3.05) is 25.1 Å². The maximum atomic E-state index is 3.45. The van der Waals surface area contributed by atoms with Gasteiger partial charge in [-0.05, 0) is 50.3 Å². The standard InChI is InChI=1S/C10H23NS/c1-4-7-11-9-10(2)6-5-8-12-3/h10-11H,4-9H2,1-3H3. The van der Waals surface area contributed by atoms with Gasteiger partial charge in [-0.15, -0.1) is 0 Å². The molecule has 0 aromatic rings. The monoisotopic (exact) mass is 189 g/mol. The normalized spacial score (nSPS) is 13.2. The summed E-state index contributed by atoms with van der Waals surface area (Å²) in [4.78, 5) is 0. The fraction of sp³-hybridized carbons (Fsp3) is 1.00. The molecule has 1 unspecified atom stereocenters. The van der Waals surface area contributed by atoms with Crippen LogP contribution >= 0.6 is 11.8 Å². The van der Waals surface area contributed by atoms with E-state index in [-0.39, 0.29) is 0 Å². The highest BCUT2D eigenvalue weighted by Crippen LogP contribution is 2.07. The molecular formula is C10H23NS. The summed E-state index contributed by atoms with van der Waals surface area (Å²) in [7, 11) is 0. The molecule has 12 heavy (non-hydrogen) atoms.